The average molecular weight is 679 g/mol. The lowest BCUT2D eigenvalue weighted by molar-refractivity contribution is 0.658. The van der Waals surface area contributed by atoms with Crippen molar-refractivity contribution < 1.29 is 0 Å². The quantitative estimate of drug-likeness (QED) is 0.186. The van der Waals surface area contributed by atoms with Crippen molar-refractivity contribution in [3.8, 4) is 45.3 Å². The van der Waals surface area contributed by atoms with Crippen molar-refractivity contribution in [3.05, 3.63) is 181 Å². The van der Waals surface area contributed by atoms with Crippen molar-refractivity contribution in [2.75, 3.05) is 0 Å². The van der Waals surface area contributed by atoms with Crippen LogP contribution < -0.4 is 0 Å². The number of rotatable bonds is 4. The summed E-state index contributed by atoms with van der Waals surface area (Å²) in [6, 6.07) is 60.9. The van der Waals surface area contributed by atoms with E-state index in [4.69, 9.17) is 9.97 Å². The van der Waals surface area contributed by atoms with Crippen molar-refractivity contribution in [1.29, 1.82) is 0 Å². The summed E-state index contributed by atoms with van der Waals surface area (Å²) in [5.74, 6) is 0.726. The molecule has 0 N–H and O–H groups in total. The maximum Gasteiger partial charge on any atom is 0.160 e. The normalized spacial score (nSPS) is 13.2. The standard InChI is InChI=1S/C49H34N4/c1-49(2)39-25-12-9-23-37(39)46-44(49)45(31-16-5-3-6-17-31)50-48(51-46)32-18-15-21-34(30-32)52-41-27-14-11-24-38(41)43-42(52)29-28-36-35-22-10-13-26-40(35)53(47(36)43)33-19-7-4-8-20-33/h3-30H,1-2H3. The molecule has 3 heterocycles. The van der Waals surface area contributed by atoms with Crippen LogP contribution in [0.3, 0.4) is 0 Å². The topological polar surface area (TPSA) is 35.6 Å². The molecule has 250 valence electrons. The van der Waals surface area contributed by atoms with Crippen LogP contribution in [0.4, 0.5) is 0 Å². The highest BCUT2D eigenvalue weighted by molar-refractivity contribution is 6.26. The molecule has 0 bridgehead atoms. The van der Waals surface area contributed by atoms with E-state index in [1.807, 2.05) is 0 Å². The minimum absolute atomic E-state index is 0.228. The minimum atomic E-state index is -0.228. The van der Waals surface area contributed by atoms with Gasteiger partial charge < -0.3 is 9.13 Å². The van der Waals surface area contributed by atoms with Gasteiger partial charge in [0.1, 0.15) is 0 Å². The van der Waals surface area contributed by atoms with Crippen LogP contribution in [0.1, 0.15) is 25.0 Å². The molecule has 0 spiro atoms. The van der Waals surface area contributed by atoms with E-state index in [-0.39, 0.29) is 5.41 Å². The highest BCUT2D eigenvalue weighted by Gasteiger charge is 2.40. The van der Waals surface area contributed by atoms with Gasteiger partial charge in [0.25, 0.3) is 0 Å². The second-order valence-corrected chi connectivity index (χ2v) is 14.6. The Labute approximate surface area is 307 Å². The summed E-state index contributed by atoms with van der Waals surface area (Å²) < 4.78 is 4.84. The molecule has 10 aromatic rings. The first-order chi connectivity index (χ1) is 26.1. The van der Waals surface area contributed by atoms with Gasteiger partial charge in [0, 0.05) is 60.6 Å². The zero-order valence-corrected chi connectivity index (χ0v) is 29.5. The summed E-state index contributed by atoms with van der Waals surface area (Å²) >= 11 is 0. The van der Waals surface area contributed by atoms with E-state index >= 15 is 0 Å². The molecule has 1 aliphatic rings. The van der Waals surface area contributed by atoms with Crippen LogP contribution in [0.15, 0.2) is 170 Å². The first kappa shape index (κ1) is 29.9. The van der Waals surface area contributed by atoms with Crippen LogP contribution in [0, 0.1) is 0 Å². The molecule has 0 unspecified atom stereocenters. The fraction of sp³-hybridized carbons (Fsp3) is 0.0612. The smallest absolute Gasteiger partial charge is 0.160 e. The molecule has 0 saturated carbocycles. The summed E-state index contributed by atoms with van der Waals surface area (Å²) in [4.78, 5) is 10.8. The summed E-state index contributed by atoms with van der Waals surface area (Å²) in [5.41, 5.74) is 14.5. The zero-order chi connectivity index (χ0) is 35.3. The number of hydrogen-bond donors (Lipinski definition) is 0. The second kappa shape index (κ2) is 11.1. The summed E-state index contributed by atoms with van der Waals surface area (Å²) in [6.45, 7) is 4.59. The molecule has 0 amide bonds. The van der Waals surface area contributed by atoms with Crippen molar-refractivity contribution in [2.24, 2.45) is 0 Å². The number of hydrogen-bond acceptors (Lipinski definition) is 2. The van der Waals surface area contributed by atoms with Crippen LogP contribution in [0.2, 0.25) is 0 Å². The Morgan fingerprint density at radius 2 is 1.08 bits per heavy atom. The van der Waals surface area contributed by atoms with E-state index in [1.54, 1.807) is 0 Å². The molecular formula is C49H34N4. The van der Waals surface area contributed by atoms with Crippen LogP contribution in [0.5, 0.6) is 0 Å². The van der Waals surface area contributed by atoms with E-state index in [1.165, 1.54) is 49.3 Å². The first-order valence-corrected chi connectivity index (χ1v) is 18.3. The van der Waals surface area contributed by atoms with E-state index in [2.05, 4.69) is 193 Å². The number of fused-ring (bicyclic) bond motifs is 10. The Kier molecular flexibility index (Phi) is 6.27. The van der Waals surface area contributed by atoms with Gasteiger partial charge in [0.05, 0.1) is 33.5 Å². The van der Waals surface area contributed by atoms with Gasteiger partial charge >= 0.3 is 0 Å². The SMILES string of the molecule is CC1(C)c2ccccc2-c2nc(-c3cccc(-n4c5ccccc5c5c4ccc4c6ccccc6n(-c6ccccc6)c45)c3)nc(-c3ccccc3)c21. The molecule has 3 aromatic heterocycles. The second-order valence-electron chi connectivity index (χ2n) is 14.6. The van der Waals surface area contributed by atoms with Gasteiger partial charge in [-0.1, -0.05) is 141 Å². The lowest BCUT2D eigenvalue weighted by Gasteiger charge is -2.23. The molecule has 4 nitrogen and oxygen atoms in total. The van der Waals surface area contributed by atoms with Crippen LogP contribution in [-0.4, -0.2) is 19.1 Å². The maximum absolute atomic E-state index is 5.40. The lowest BCUT2D eigenvalue weighted by atomic mass is 9.81. The van der Waals surface area contributed by atoms with Gasteiger partial charge in [0.15, 0.2) is 5.82 Å². The van der Waals surface area contributed by atoms with Crippen LogP contribution >= 0.6 is 0 Å². The fourth-order valence-electron chi connectivity index (χ4n) is 8.97. The molecule has 4 heteroatoms. The van der Waals surface area contributed by atoms with Crippen LogP contribution in [0.25, 0.3) is 88.9 Å². The summed E-state index contributed by atoms with van der Waals surface area (Å²) in [6.07, 6.45) is 0. The molecular weight excluding hydrogens is 645 g/mol. The highest BCUT2D eigenvalue weighted by Crippen LogP contribution is 2.51. The fourth-order valence-corrected chi connectivity index (χ4v) is 8.97. The summed E-state index contributed by atoms with van der Waals surface area (Å²) in [7, 11) is 0. The maximum atomic E-state index is 5.40. The van der Waals surface area contributed by atoms with E-state index in [9.17, 15) is 0 Å². The predicted octanol–water partition coefficient (Wildman–Crippen LogP) is 12.3. The van der Waals surface area contributed by atoms with Gasteiger partial charge in [-0.3, -0.25) is 0 Å². The average Bonchev–Trinajstić information content (AvgIpc) is 3.82. The number of nitrogens with zero attached hydrogens (tertiary/aromatic N) is 4. The third-order valence-electron chi connectivity index (χ3n) is 11.3. The Morgan fingerprint density at radius 1 is 0.453 bits per heavy atom. The molecule has 0 aliphatic heterocycles. The van der Waals surface area contributed by atoms with E-state index < -0.39 is 0 Å². The Morgan fingerprint density at radius 3 is 1.89 bits per heavy atom. The monoisotopic (exact) mass is 678 g/mol. The Bertz CT molecular complexity index is 3080. The van der Waals surface area contributed by atoms with Crippen LogP contribution in [-0.2, 0) is 5.41 Å². The number of benzene rings is 7. The van der Waals surface area contributed by atoms with Crippen molar-refractivity contribution in [3.63, 3.8) is 0 Å². The molecule has 0 fully saturated rings. The van der Waals surface area contributed by atoms with Gasteiger partial charge in [-0.15, -0.1) is 0 Å². The summed E-state index contributed by atoms with van der Waals surface area (Å²) in [5, 5.41) is 4.96. The van der Waals surface area contributed by atoms with Gasteiger partial charge in [-0.2, -0.15) is 0 Å². The van der Waals surface area contributed by atoms with Gasteiger partial charge in [-0.25, -0.2) is 9.97 Å². The third kappa shape index (κ3) is 4.24. The van der Waals surface area contributed by atoms with Gasteiger partial charge in [0.2, 0.25) is 0 Å². The van der Waals surface area contributed by atoms with E-state index in [0.29, 0.717) is 0 Å². The van der Waals surface area contributed by atoms with E-state index in [0.717, 1.165) is 50.7 Å². The Hall–Kier alpha value is -6.78. The van der Waals surface area contributed by atoms with Crippen molar-refractivity contribution in [2.45, 2.75) is 19.3 Å². The molecule has 7 aromatic carbocycles. The largest absolute Gasteiger partial charge is 0.309 e. The molecule has 0 saturated heterocycles. The molecule has 53 heavy (non-hydrogen) atoms. The zero-order valence-electron chi connectivity index (χ0n) is 29.5. The number of para-hydroxylation sites is 3. The first-order valence-electron chi connectivity index (χ1n) is 18.3. The Balaban J connectivity index is 1.18. The molecule has 11 rings (SSSR count). The minimum Gasteiger partial charge on any atom is -0.309 e. The van der Waals surface area contributed by atoms with Crippen molar-refractivity contribution in [1.82, 2.24) is 19.1 Å². The lowest BCUT2D eigenvalue weighted by Crippen LogP contribution is -2.17. The molecule has 1 aliphatic carbocycles. The highest BCUT2D eigenvalue weighted by atomic mass is 15.0. The molecule has 0 radical (unpaired) electrons. The number of aromatic nitrogens is 4. The predicted molar refractivity (Wildman–Crippen MR) is 219 cm³/mol. The van der Waals surface area contributed by atoms with Gasteiger partial charge in [-0.05, 0) is 48.0 Å². The third-order valence-corrected chi connectivity index (χ3v) is 11.3. The van der Waals surface area contributed by atoms with Crippen molar-refractivity contribution >= 4 is 43.6 Å². The molecule has 0 atom stereocenters.